The van der Waals surface area contributed by atoms with Crippen molar-refractivity contribution in [2.24, 2.45) is 0 Å². The molecule has 30 heavy (non-hydrogen) atoms. The molecule has 4 rings (SSSR count). The third-order valence-corrected chi connectivity index (χ3v) is 4.86. The minimum Gasteiger partial charge on any atom is -0.478 e. The largest absolute Gasteiger partial charge is 0.478 e. The van der Waals surface area contributed by atoms with Crippen LogP contribution in [-0.2, 0) is 13.1 Å². The number of aromatic carboxylic acids is 1. The molecule has 0 saturated heterocycles. The van der Waals surface area contributed by atoms with Crippen LogP contribution in [0.15, 0.2) is 73.1 Å². The van der Waals surface area contributed by atoms with Crippen molar-refractivity contribution in [3.63, 3.8) is 0 Å². The summed E-state index contributed by atoms with van der Waals surface area (Å²) in [4.78, 5) is 35.0. The first-order valence-corrected chi connectivity index (χ1v) is 9.48. The lowest BCUT2D eigenvalue weighted by Gasteiger charge is -2.23. The number of hydrogen-bond acceptors (Lipinski definition) is 4. The summed E-state index contributed by atoms with van der Waals surface area (Å²) in [6.45, 7) is 2.54. The van der Waals surface area contributed by atoms with Gasteiger partial charge < -0.3 is 10.0 Å². The SMILES string of the molecule is Cc1nc2ncccn2c1C(=O)N(Cc1ccccc1)Cc1ccc(C(=O)O)cc1. The molecule has 0 unspecified atom stereocenters. The van der Waals surface area contributed by atoms with Crippen LogP contribution in [0.25, 0.3) is 5.78 Å². The van der Waals surface area contributed by atoms with Gasteiger partial charge in [-0.3, -0.25) is 9.20 Å². The average molecular weight is 400 g/mol. The highest BCUT2D eigenvalue weighted by Gasteiger charge is 2.23. The smallest absolute Gasteiger partial charge is 0.335 e. The lowest BCUT2D eigenvalue weighted by atomic mass is 10.1. The van der Waals surface area contributed by atoms with E-state index in [2.05, 4.69) is 9.97 Å². The molecule has 0 fully saturated rings. The Morgan fingerprint density at radius 1 is 0.967 bits per heavy atom. The van der Waals surface area contributed by atoms with Crippen molar-refractivity contribution < 1.29 is 14.7 Å². The van der Waals surface area contributed by atoms with E-state index in [0.717, 1.165) is 11.1 Å². The summed E-state index contributed by atoms with van der Waals surface area (Å²) in [6.07, 6.45) is 3.42. The number of rotatable bonds is 6. The van der Waals surface area contributed by atoms with Crippen LogP contribution in [0.3, 0.4) is 0 Å². The number of nitrogens with zero attached hydrogens (tertiary/aromatic N) is 4. The number of carboxylic acids is 1. The minimum absolute atomic E-state index is 0.167. The molecule has 2 heterocycles. The molecule has 1 N–H and O–H groups in total. The molecule has 0 atom stereocenters. The van der Waals surface area contributed by atoms with Crippen molar-refractivity contribution in [1.29, 1.82) is 0 Å². The van der Waals surface area contributed by atoms with E-state index in [4.69, 9.17) is 5.11 Å². The number of amides is 1. The van der Waals surface area contributed by atoms with Gasteiger partial charge in [0.15, 0.2) is 0 Å². The Hall–Kier alpha value is -4.00. The van der Waals surface area contributed by atoms with Gasteiger partial charge in [-0.25, -0.2) is 14.8 Å². The third kappa shape index (κ3) is 3.91. The summed E-state index contributed by atoms with van der Waals surface area (Å²) in [5.41, 5.74) is 3.13. The van der Waals surface area contributed by atoms with Gasteiger partial charge in [-0.15, -0.1) is 0 Å². The Kier molecular flexibility index (Phi) is 5.26. The lowest BCUT2D eigenvalue weighted by molar-refractivity contribution is 0.0692. The van der Waals surface area contributed by atoms with Crippen LogP contribution in [0.5, 0.6) is 0 Å². The fourth-order valence-electron chi connectivity index (χ4n) is 3.38. The quantitative estimate of drug-likeness (QED) is 0.534. The van der Waals surface area contributed by atoms with Gasteiger partial charge >= 0.3 is 5.97 Å². The second-order valence-corrected chi connectivity index (χ2v) is 6.98. The van der Waals surface area contributed by atoms with Crippen molar-refractivity contribution in [3.8, 4) is 0 Å². The highest BCUT2D eigenvalue weighted by atomic mass is 16.4. The number of carboxylic acid groups (broad SMARTS) is 1. The van der Waals surface area contributed by atoms with Gasteiger partial charge in [0.25, 0.3) is 5.91 Å². The van der Waals surface area contributed by atoms with Gasteiger partial charge in [0.05, 0.1) is 11.3 Å². The molecule has 0 saturated carbocycles. The molecule has 7 heteroatoms. The molecule has 0 aliphatic carbocycles. The minimum atomic E-state index is -0.979. The van der Waals surface area contributed by atoms with Crippen LogP contribution in [0, 0.1) is 6.92 Å². The highest BCUT2D eigenvalue weighted by Crippen LogP contribution is 2.18. The first-order valence-electron chi connectivity index (χ1n) is 9.48. The first kappa shape index (κ1) is 19.3. The molecule has 2 aromatic carbocycles. The van der Waals surface area contributed by atoms with E-state index in [9.17, 15) is 9.59 Å². The summed E-state index contributed by atoms with van der Waals surface area (Å²) < 4.78 is 1.70. The Bertz CT molecular complexity index is 1200. The number of aromatic nitrogens is 3. The maximum Gasteiger partial charge on any atom is 0.335 e. The zero-order valence-corrected chi connectivity index (χ0v) is 16.4. The van der Waals surface area contributed by atoms with Gasteiger partial charge in [0.1, 0.15) is 5.69 Å². The number of fused-ring (bicyclic) bond motifs is 1. The summed E-state index contributed by atoms with van der Waals surface area (Å²) in [6, 6.07) is 18.1. The van der Waals surface area contributed by atoms with E-state index < -0.39 is 5.97 Å². The fourth-order valence-corrected chi connectivity index (χ4v) is 3.38. The van der Waals surface area contributed by atoms with Crippen molar-refractivity contribution in [3.05, 3.63) is 101 Å². The van der Waals surface area contributed by atoms with Crippen molar-refractivity contribution in [1.82, 2.24) is 19.3 Å². The molecule has 0 bridgehead atoms. The first-order chi connectivity index (χ1) is 14.5. The number of carbonyl (C=O) groups excluding carboxylic acids is 1. The van der Waals surface area contributed by atoms with Crippen LogP contribution in [0.2, 0.25) is 0 Å². The standard InChI is InChI=1S/C23H20N4O3/c1-16-20(27-13-5-12-24-23(27)25-16)21(28)26(14-17-6-3-2-4-7-17)15-18-8-10-19(11-9-18)22(29)30/h2-13H,14-15H2,1H3,(H,29,30). The van der Waals surface area contributed by atoms with Crippen LogP contribution in [-0.4, -0.2) is 36.3 Å². The monoisotopic (exact) mass is 400 g/mol. The summed E-state index contributed by atoms with van der Waals surface area (Å²) >= 11 is 0. The second-order valence-electron chi connectivity index (χ2n) is 6.98. The fraction of sp³-hybridized carbons (Fsp3) is 0.130. The van der Waals surface area contributed by atoms with Crippen molar-refractivity contribution in [2.45, 2.75) is 20.0 Å². The number of carbonyl (C=O) groups is 2. The zero-order valence-electron chi connectivity index (χ0n) is 16.4. The number of aryl methyl sites for hydroxylation is 1. The molecule has 0 spiro atoms. The normalized spacial score (nSPS) is 10.8. The van der Waals surface area contributed by atoms with Crippen LogP contribution < -0.4 is 0 Å². The molecule has 0 radical (unpaired) electrons. The molecule has 1 amide bonds. The molecule has 0 aliphatic rings. The van der Waals surface area contributed by atoms with E-state index in [0.29, 0.717) is 30.3 Å². The number of benzene rings is 2. The van der Waals surface area contributed by atoms with E-state index in [-0.39, 0.29) is 11.5 Å². The predicted molar refractivity (Wildman–Crippen MR) is 111 cm³/mol. The van der Waals surface area contributed by atoms with E-state index >= 15 is 0 Å². The van der Waals surface area contributed by atoms with Gasteiger partial charge in [0, 0.05) is 25.5 Å². The van der Waals surface area contributed by atoms with E-state index in [1.807, 2.05) is 30.3 Å². The van der Waals surface area contributed by atoms with Crippen LogP contribution in [0.1, 0.15) is 37.7 Å². The molecule has 4 aromatic rings. The maximum atomic E-state index is 13.6. The summed E-state index contributed by atoms with van der Waals surface area (Å²) in [5, 5.41) is 9.12. The number of imidazole rings is 1. The topological polar surface area (TPSA) is 87.8 Å². The molecule has 2 aromatic heterocycles. The van der Waals surface area contributed by atoms with E-state index in [1.54, 1.807) is 58.9 Å². The molecule has 150 valence electrons. The zero-order chi connectivity index (χ0) is 21.1. The van der Waals surface area contributed by atoms with Gasteiger partial charge in [0.2, 0.25) is 5.78 Å². The highest BCUT2D eigenvalue weighted by molar-refractivity contribution is 5.94. The maximum absolute atomic E-state index is 13.6. The van der Waals surface area contributed by atoms with E-state index in [1.165, 1.54) is 0 Å². The number of hydrogen-bond donors (Lipinski definition) is 1. The predicted octanol–water partition coefficient (Wildman–Crippen LogP) is 3.58. The van der Waals surface area contributed by atoms with Crippen molar-refractivity contribution in [2.75, 3.05) is 0 Å². The Morgan fingerprint density at radius 3 is 2.30 bits per heavy atom. The van der Waals surface area contributed by atoms with Crippen LogP contribution >= 0.6 is 0 Å². The average Bonchev–Trinajstić information content (AvgIpc) is 3.09. The Morgan fingerprint density at radius 2 is 1.63 bits per heavy atom. The second kappa shape index (κ2) is 8.16. The van der Waals surface area contributed by atoms with Gasteiger partial charge in [-0.2, -0.15) is 0 Å². The Balaban J connectivity index is 1.69. The molecular weight excluding hydrogens is 380 g/mol. The van der Waals surface area contributed by atoms with Gasteiger partial charge in [-0.1, -0.05) is 42.5 Å². The van der Waals surface area contributed by atoms with Gasteiger partial charge in [-0.05, 0) is 36.2 Å². The van der Waals surface area contributed by atoms with Crippen LogP contribution in [0.4, 0.5) is 0 Å². The third-order valence-electron chi connectivity index (χ3n) is 4.86. The van der Waals surface area contributed by atoms with Crippen molar-refractivity contribution >= 4 is 17.7 Å². The summed E-state index contributed by atoms with van der Waals surface area (Å²) in [5.74, 6) is -0.671. The Labute approximate surface area is 173 Å². The summed E-state index contributed by atoms with van der Waals surface area (Å²) in [7, 11) is 0. The lowest BCUT2D eigenvalue weighted by Crippen LogP contribution is -2.31. The molecule has 0 aliphatic heterocycles. The molecular formula is C23H20N4O3. The molecule has 7 nitrogen and oxygen atoms in total.